The van der Waals surface area contributed by atoms with E-state index in [4.69, 9.17) is 9.47 Å². The summed E-state index contributed by atoms with van der Waals surface area (Å²) in [6.07, 6.45) is 3.65. The van der Waals surface area contributed by atoms with E-state index in [0.29, 0.717) is 11.8 Å². The second kappa shape index (κ2) is 7.06. The molecule has 0 bridgehead atoms. The van der Waals surface area contributed by atoms with Crippen molar-refractivity contribution in [2.24, 2.45) is 0 Å². The van der Waals surface area contributed by atoms with Gasteiger partial charge >= 0.3 is 0 Å². The zero-order valence-corrected chi connectivity index (χ0v) is 11.0. The average Bonchev–Trinajstić information content (AvgIpc) is 2.39. The number of aromatic nitrogens is 2. The van der Waals surface area contributed by atoms with Crippen LogP contribution >= 0.6 is 0 Å². The lowest BCUT2D eigenvalue weighted by molar-refractivity contribution is 0.348. The second-order valence-electron chi connectivity index (χ2n) is 3.72. The number of methoxy groups -OCH3 is 2. The van der Waals surface area contributed by atoms with Crippen LogP contribution in [0, 0.1) is 0 Å². The smallest absolute Gasteiger partial charge is 0.240 e. The summed E-state index contributed by atoms with van der Waals surface area (Å²) >= 11 is 0. The standard InChI is InChI=1S/C12H21N3O2/c1-5-7-13-9(6-2)11-12(17-4)15-10(16-3)8-14-11/h8-9,13H,5-7H2,1-4H3. The Morgan fingerprint density at radius 2 is 2.06 bits per heavy atom. The highest BCUT2D eigenvalue weighted by Crippen LogP contribution is 2.24. The van der Waals surface area contributed by atoms with Gasteiger partial charge in [-0.1, -0.05) is 13.8 Å². The van der Waals surface area contributed by atoms with Gasteiger partial charge in [0, 0.05) is 0 Å². The SMILES string of the molecule is CCCNC(CC)c1ncc(OC)nc1OC. The zero-order valence-electron chi connectivity index (χ0n) is 11.0. The molecule has 0 aromatic carbocycles. The first-order chi connectivity index (χ1) is 8.26. The van der Waals surface area contributed by atoms with E-state index in [9.17, 15) is 0 Å². The van der Waals surface area contributed by atoms with Gasteiger partial charge in [-0.2, -0.15) is 4.98 Å². The number of rotatable bonds is 7. The first kappa shape index (κ1) is 13.7. The van der Waals surface area contributed by atoms with E-state index < -0.39 is 0 Å². The van der Waals surface area contributed by atoms with Gasteiger partial charge in [0.2, 0.25) is 11.8 Å². The molecule has 1 aromatic heterocycles. The van der Waals surface area contributed by atoms with Crippen LogP contribution in [0.1, 0.15) is 38.4 Å². The molecule has 5 nitrogen and oxygen atoms in total. The largest absolute Gasteiger partial charge is 0.480 e. The average molecular weight is 239 g/mol. The predicted octanol–water partition coefficient (Wildman–Crippen LogP) is 1.94. The van der Waals surface area contributed by atoms with Crippen LogP contribution in [-0.4, -0.2) is 30.7 Å². The van der Waals surface area contributed by atoms with Crippen LogP contribution in [0.15, 0.2) is 6.20 Å². The summed E-state index contributed by atoms with van der Waals surface area (Å²) in [5.74, 6) is 0.996. The van der Waals surface area contributed by atoms with Crippen molar-refractivity contribution in [1.29, 1.82) is 0 Å². The molecule has 0 saturated heterocycles. The van der Waals surface area contributed by atoms with Gasteiger partial charge in [0.15, 0.2) is 0 Å². The molecular weight excluding hydrogens is 218 g/mol. The van der Waals surface area contributed by atoms with Crippen molar-refractivity contribution in [3.8, 4) is 11.8 Å². The lowest BCUT2D eigenvalue weighted by Gasteiger charge is -2.18. The molecule has 0 saturated carbocycles. The lowest BCUT2D eigenvalue weighted by atomic mass is 10.1. The van der Waals surface area contributed by atoms with Gasteiger partial charge in [-0.25, -0.2) is 4.98 Å². The maximum Gasteiger partial charge on any atom is 0.240 e. The molecule has 1 N–H and O–H groups in total. The molecule has 0 radical (unpaired) electrons. The summed E-state index contributed by atoms with van der Waals surface area (Å²) in [6, 6.07) is 0.170. The van der Waals surface area contributed by atoms with Crippen molar-refractivity contribution in [2.75, 3.05) is 20.8 Å². The Labute approximate surface area is 103 Å². The van der Waals surface area contributed by atoms with Crippen molar-refractivity contribution < 1.29 is 9.47 Å². The summed E-state index contributed by atoms with van der Waals surface area (Å²) in [5.41, 5.74) is 0.837. The monoisotopic (exact) mass is 239 g/mol. The van der Waals surface area contributed by atoms with Crippen LogP contribution in [0.2, 0.25) is 0 Å². The molecule has 1 heterocycles. The lowest BCUT2D eigenvalue weighted by Crippen LogP contribution is -2.23. The van der Waals surface area contributed by atoms with Crippen LogP contribution in [0.3, 0.4) is 0 Å². The molecule has 96 valence electrons. The third-order valence-corrected chi connectivity index (χ3v) is 2.53. The molecule has 1 atom stereocenters. The summed E-state index contributed by atoms with van der Waals surface area (Å²) in [4.78, 5) is 8.61. The van der Waals surface area contributed by atoms with Crippen LogP contribution in [0.4, 0.5) is 0 Å². The Kier molecular flexibility index (Phi) is 5.69. The second-order valence-corrected chi connectivity index (χ2v) is 3.72. The van der Waals surface area contributed by atoms with Gasteiger partial charge in [-0.15, -0.1) is 0 Å². The quantitative estimate of drug-likeness (QED) is 0.788. The molecule has 0 fully saturated rings. The molecule has 0 amide bonds. The molecule has 1 rings (SSSR count). The third kappa shape index (κ3) is 3.56. The highest BCUT2D eigenvalue weighted by molar-refractivity contribution is 5.25. The van der Waals surface area contributed by atoms with Crippen LogP contribution in [-0.2, 0) is 0 Å². The van der Waals surface area contributed by atoms with E-state index in [1.165, 1.54) is 0 Å². The summed E-state index contributed by atoms with van der Waals surface area (Å²) < 4.78 is 10.3. The van der Waals surface area contributed by atoms with Gasteiger partial charge in [0.25, 0.3) is 0 Å². The molecular formula is C12H21N3O2. The number of nitrogens with zero attached hydrogens (tertiary/aromatic N) is 2. The van der Waals surface area contributed by atoms with Crippen molar-refractivity contribution in [1.82, 2.24) is 15.3 Å². The van der Waals surface area contributed by atoms with Crippen LogP contribution in [0.25, 0.3) is 0 Å². The number of hydrogen-bond acceptors (Lipinski definition) is 5. The van der Waals surface area contributed by atoms with Crippen molar-refractivity contribution in [3.05, 3.63) is 11.9 Å². The molecule has 1 aromatic rings. The Morgan fingerprint density at radius 3 is 2.59 bits per heavy atom. The Hall–Kier alpha value is -1.36. The normalized spacial score (nSPS) is 12.2. The van der Waals surface area contributed by atoms with Gasteiger partial charge < -0.3 is 14.8 Å². The van der Waals surface area contributed by atoms with E-state index in [1.54, 1.807) is 20.4 Å². The van der Waals surface area contributed by atoms with Crippen molar-refractivity contribution >= 4 is 0 Å². The number of hydrogen-bond donors (Lipinski definition) is 1. The van der Waals surface area contributed by atoms with E-state index in [0.717, 1.165) is 25.1 Å². The van der Waals surface area contributed by atoms with Crippen LogP contribution < -0.4 is 14.8 Å². The van der Waals surface area contributed by atoms with Crippen LogP contribution in [0.5, 0.6) is 11.8 Å². The zero-order chi connectivity index (χ0) is 12.7. The van der Waals surface area contributed by atoms with Gasteiger partial charge in [-0.3, -0.25) is 0 Å². The predicted molar refractivity (Wildman–Crippen MR) is 66.5 cm³/mol. The fourth-order valence-electron chi connectivity index (χ4n) is 1.61. The molecule has 17 heavy (non-hydrogen) atoms. The number of ether oxygens (including phenoxy) is 2. The Bertz CT molecular complexity index is 345. The highest BCUT2D eigenvalue weighted by atomic mass is 16.5. The van der Waals surface area contributed by atoms with Crippen molar-refractivity contribution in [3.63, 3.8) is 0 Å². The van der Waals surface area contributed by atoms with E-state index in [-0.39, 0.29) is 6.04 Å². The molecule has 5 heteroatoms. The third-order valence-electron chi connectivity index (χ3n) is 2.53. The molecule has 0 spiro atoms. The fourth-order valence-corrected chi connectivity index (χ4v) is 1.61. The Balaban J connectivity index is 2.93. The first-order valence-corrected chi connectivity index (χ1v) is 5.95. The minimum absolute atomic E-state index is 0.170. The summed E-state index contributed by atoms with van der Waals surface area (Å²) in [6.45, 7) is 5.20. The maximum atomic E-state index is 5.26. The molecule has 1 unspecified atom stereocenters. The van der Waals surface area contributed by atoms with Crippen molar-refractivity contribution in [2.45, 2.75) is 32.7 Å². The summed E-state index contributed by atoms with van der Waals surface area (Å²) in [5, 5.41) is 3.42. The van der Waals surface area contributed by atoms with Gasteiger partial charge in [0.1, 0.15) is 5.69 Å². The van der Waals surface area contributed by atoms with E-state index in [1.807, 2.05) is 0 Å². The minimum atomic E-state index is 0.170. The highest BCUT2D eigenvalue weighted by Gasteiger charge is 2.17. The van der Waals surface area contributed by atoms with Gasteiger partial charge in [-0.05, 0) is 19.4 Å². The summed E-state index contributed by atoms with van der Waals surface area (Å²) in [7, 11) is 3.16. The molecule has 0 aliphatic carbocycles. The molecule has 0 aliphatic rings. The Morgan fingerprint density at radius 1 is 1.29 bits per heavy atom. The van der Waals surface area contributed by atoms with Gasteiger partial charge in [0.05, 0.1) is 26.5 Å². The fraction of sp³-hybridized carbons (Fsp3) is 0.667. The minimum Gasteiger partial charge on any atom is -0.480 e. The molecule has 0 aliphatic heterocycles. The van der Waals surface area contributed by atoms with E-state index in [2.05, 4.69) is 29.1 Å². The first-order valence-electron chi connectivity index (χ1n) is 5.95. The van der Waals surface area contributed by atoms with E-state index >= 15 is 0 Å². The maximum absolute atomic E-state index is 5.26. The number of nitrogens with one attached hydrogen (secondary N) is 1. The topological polar surface area (TPSA) is 56.3 Å².